The molecule has 3 N–H and O–H groups in total. The third-order valence-corrected chi connectivity index (χ3v) is 2.07. The van der Waals surface area contributed by atoms with E-state index in [4.69, 9.17) is 16.7 Å². The lowest BCUT2D eigenvalue weighted by Crippen LogP contribution is -2.46. The zero-order valence-corrected chi connectivity index (χ0v) is 9.60. The van der Waals surface area contributed by atoms with Crippen molar-refractivity contribution in [1.29, 1.82) is 0 Å². The number of carboxylic acid groups (broad SMARTS) is 1. The van der Waals surface area contributed by atoms with E-state index >= 15 is 0 Å². The average molecular weight is 260 g/mol. The zero-order valence-electron chi connectivity index (χ0n) is 8.85. The van der Waals surface area contributed by atoms with Gasteiger partial charge in [0.25, 0.3) is 5.91 Å². The fraction of sp³-hybridized carbons (Fsp3) is 0.333. The maximum atomic E-state index is 11.5. The van der Waals surface area contributed by atoms with Crippen molar-refractivity contribution in [3.8, 4) is 0 Å². The molecule has 1 heterocycles. The average Bonchev–Trinajstić information content (AvgIpc) is 2.25. The Morgan fingerprint density at radius 2 is 2.18 bits per heavy atom. The maximum Gasteiger partial charge on any atom is 0.337 e. The van der Waals surface area contributed by atoms with Crippen LogP contribution in [0.4, 0.5) is 0 Å². The first-order valence-corrected chi connectivity index (χ1v) is 4.92. The lowest BCUT2D eigenvalue weighted by atomic mass is 10.1. The van der Waals surface area contributed by atoms with Gasteiger partial charge in [0, 0.05) is 0 Å². The Labute approximate surface area is 101 Å². The van der Waals surface area contributed by atoms with Crippen LogP contribution in [0.1, 0.15) is 17.4 Å². The summed E-state index contributed by atoms with van der Waals surface area (Å²) in [6.07, 6.45) is 2.43. The first-order valence-electron chi connectivity index (χ1n) is 4.54. The molecular weight excluding hydrogens is 250 g/mol. The van der Waals surface area contributed by atoms with Crippen LogP contribution in [0, 0.1) is 0 Å². The number of nitrogens with zero attached hydrogens (tertiary/aromatic N) is 2. The number of carbonyl (C=O) groups is 2. The van der Waals surface area contributed by atoms with Gasteiger partial charge in [0.2, 0.25) is 0 Å². The molecule has 1 atom stereocenters. The Bertz CT molecular complexity index is 450. The molecule has 1 aromatic heterocycles. The van der Waals surface area contributed by atoms with Gasteiger partial charge in [0.05, 0.1) is 18.9 Å². The molecule has 8 heteroatoms. The minimum absolute atomic E-state index is 0.0441. The molecule has 0 fully saturated rings. The van der Waals surface area contributed by atoms with Gasteiger partial charge in [-0.25, -0.2) is 9.78 Å². The van der Waals surface area contributed by atoms with E-state index in [2.05, 4.69) is 15.3 Å². The molecule has 17 heavy (non-hydrogen) atoms. The van der Waals surface area contributed by atoms with Gasteiger partial charge >= 0.3 is 5.97 Å². The van der Waals surface area contributed by atoms with Crippen LogP contribution in [0.2, 0.25) is 5.15 Å². The number of rotatable bonds is 4. The van der Waals surface area contributed by atoms with Crippen molar-refractivity contribution in [1.82, 2.24) is 15.3 Å². The second-order valence-corrected chi connectivity index (χ2v) is 3.88. The highest BCUT2D eigenvalue weighted by Gasteiger charge is 2.30. The van der Waals surface area contributed by atoms with Crippen LogP contribution < -0.4 is 5.32 Å². The van der Waals surface area contributed by atoms with Gasteiger partial charge in [0.15, 0.2) is 5.60 Å². The van der Waals surface area contributed by atoms with E-state index in [0.29, 0.717) is 0 Å². The van der Waals surface area contributed by atoms with Crippen molar-refractivity contribution in [3.63, 3.8) is 0 Å². The van der Waals surface area contributed by atoms with Crippen LogP contribution in [0.25, 0.3) is 0 Å². The smallest absolute Gasteiger partial charge is 0.337 e. The van der Waals surface area contributed by atoms with Gasteiger partial charge in [-0.15, -0.1) is 0 Å². The molecule has 0 radical (unpaired) electrons. The molecule has 0 aliphatic rings. The highest BCUT2D eigenvalue weighted by atomic mass is 35.5. The third-order valence-electron chi connectivity index (χ3n) is 1.89. The molecule has 0 aromatic carbocycles. The number of aromatic nitrogens is 2. The minimum Gasteiger partial charge on any atom is -0.479 e. The molecule has 0 spiro atoms. The Kier molecular flexibility index (Phi) is 3.97. The van der Waals surface area contributed by atoms with Gasteiger partial charge in [-0.1, -0.05) is 11.6 Å². The molecule has 92 valence electrons. The Morgan fingerprint density at radius 1 is 1.53 bits per heavy atom. The predicted molar refractivity (Wildman–Crippen MR) is 57.6 cm³/mol. The van der Waals surface area contributed by atoms with E-state index in [1.807, 2.05) is 0 Å². The summed E-state index contributed by atoms with van der Waals surface area (Å²) in [6.45, 7) is 0.620. The molecule has 0 saturated heterocycles. The summed E-state index contributed by atoms with van der Waals surface area (Å²) in [5.41, 5.74) is -2.10. The molecule has 0 saturated carbocycles. The van der Waals surface area contributed by atoms with Gasteiger partial charge in [-0.05, 0) is 6.92 Å². The summed E-state index contributed by atoms with van der Waals surface area (Å²) in [6, 6.07) is 0. The zero-order chi connectivity index (χ0) is 13.1. The topological polar surface area (TPSA) is 112 Å². The van der Waals surface area contributed by atoms with Gasteiger partial charge in [0.1, 0.15) is 10.8 Å². The van der Waals surface area contributed by atoms with Gasteiger partial charge in [-0.2, -0.15) is 0 Å². The molecule has 0 aliphatic heterocycles. The SMILES string of the molecule is CC(O)(CNC(=O)c1cncc(Cl)n1)C(=O)O. The Morgan fingerprint density at radius 3 is 2.71 bits per heavy atom. The number of hydrogen-bond donors (Lipinski definition) is 3. The number of hydrogen-bond acceptors (Lipinski definition) is 5. The lowest BCUT2D eigenvalue weighted by Gasteiger charge is -2.17. The number of carbonyl (C=O) groups excluding carboxylic acids is 1. The van der Waals surface area contributed by atoms with Crippen molar-refractivity contribution in [2.24, 2.45) is 0 Å². The fourth-order valence-electron chi connectivity index (χ4n) is 0.870. The summed E-state index contributed by atoms with van der Waals surface area (Å²) >= 11 is 5.53. The van der Waals surface area contributed by atoms with Crippen molar-refractivity contribution >= 4 is 23.5 Å². The molecule has 0 aliphatic carbocycles. The summed E-state index contributed by atoms with van der Waals surface area (Å²) in [5, 5.41) is 20.2. The van der Waals surface area contributed by atoms with Crippen molar-refractivity contribution in [3.05, 3.63) is 23.2 Å². The monoisotopic (exact) mass is 259 g/mol. The number of amides is 1. The summed E-state index contributed by atoms with van der Waals surface area (Å²) in [5.74, 6) is -2.10. The van der Waals surface area contributed by atoms with E-state index in [1.165, 1.54) is 12.4 Å². The molecule has 1 aromatic rings. The van der Waals surface area contributed by atoms with E-state index in [0.717, 1.165) is 6.92 Å². The fourth-order valence-corrected chi connectivity index (χ4v) is 1.02. The number of halogens is 1. The molecule has 7 nitrogen and oxygen atoms in total. The first-order chi connectivity index (χ1) is 7.83. The molecule has 0 bridgehead atoms. The summed E-state index contributed by atoms with van der Waals surface area (Å²) < 4.78 is 0. The van der Waals surface area contributed by atoms with E-state index < -0.39 is 24.0 Å². The summed E-state index contributed by atoms with van der Waals surface area (Å²) in [7, 11) is 0. The normalized spacial score (nSPS) is 13.8. The minimum atomic E-state index is -2.04. The number of nitrogens with one attached hydrogen (secondary N) is 1. The van der Waals surface area contributed by atoms with E-state index in [9.17, 15) is 14.7 Å². The lowest BCUT2D eigenvalue weighted by molar-refractivity contribution is -0.155. The van der Waals surface area contributed by atoms with Crippen molar-refractivity contribution < 1.29 is 19.8 Å². The van der Waals surface area contributed by atoms with Gasteiger partial charge in [-0.3, -0.25) is 9.78 Å². The highest BCUT2D eigenvalue weighted by Crippen LogP contribution is 2.04. The predicted octanol–water partition coefficient (Wildman–Crippen LogP) is -0.305. The van der Waals surface area contributed by atoms with E-state index in [1.54, 1.807) is 0 Å². The highest BCUT2D eigenvalue weighted by molar-refractivity contribution is 6.29. The second kappa shape index (κ2) is 5.07. The molecular formula is C9H10ClN3O4. The van der Waals surface area contributed by atoms with Crippen LogP contribution in [0.15, 0.2) is 12.4 Å². The van der Waals surface area contributed by atoms with Crippen LogP contribution >= 0.6 is 11.6 Å². The second-order valence-electron chi connectivity index (χ2n) is 3.49. The van der Waals surface area contributed by atoms with Crippen LogP contribution in [-0.4, -0.2) is 44.2 Å². The van der Waals surface area contributed by atoms with Crippen molar-refractivity contribution in [2.45, 2.75) is 12.5 Å². The number of aliphatic hydroxyl groups is 1. The molecule has 1 amide bonds. The third kappa shape index (κ3) is 3.65. The Balaban J connectivity index is 2.65. The Hall–Kier alpha value is -1.73. The number of carboxylic acids is 1. The molecule has 1 unspecified atom stereocenters. The molecule has 1 rings (SSSR count). The van der Waals surface area contributed by atoms with Crippen LogP contribution in [0.5, 0.6) is 0 Å². The van der Waals surface area contributed by atoms with E-state index in [-0.39, 0.29) is 10.8 Å². The largest absolute Gasteiger partial charge is 0.479 e. The quantitative estimate of drug-likeness (QED) is 0.684. The van der Waals surface area contributed by atoms with Crippen LogP contribution in [-0.2, 0) is 4.79 Å². The van der Waals surface area contributed by atoms with Crippen LogP contribution in [0.3, 0.4) is 0 Å². The first kappa shape index (κ1) is 13.3. The number of aliphatic carboxylic acids is 1. The standard InChI is InChI=1S/C9H10ClN3O4/c1-9(17,8(15)16)4-12-7(14)5-2-11-3-6(10)13-5/h2-3,17H,4H2,1H3,(H,12,14)(H,15,16). The summed E-state index contributed by atoms with van der Waals surface area (Å²) in [4.78, 5) is 29.4. The van der Waals surface area contributed by atoms with Crippen molar-refractivity contribution in [2.75, 3.05) is 6.54 Å². The van der Waals surface area contributed by atoms with Gasteiger partial charge < -0.3 is 15.5 Å². The maximum absolute atomic E-state index is 11.5.